The number of hydrogen-bond acceptors (Lipinski definition) is 4. The Morgan fingerprint density at radius 2 is 2.15 bits per heavy atom. The molecule has 0 spiro atoms. The molecule has 1 aromatic rings. The maximum absolute atomic E-state index is 11.9. The molecule has 0 saturated heterocycles. The van der Waals surface area contributed by atoms with Gasteiger partial charge in [-0.1, -0.05) is 0 Å². The van der Waals surface area contributed by atoms with Gasteiger partial charge >= 0.3 is 5.97 Å². The number of nitrogens with one attached hydrogen (secondary N) is 2. The van der Waals surface area contributed by atoms with Crippen LogP contribution in [0.4, 0.5) is 11.4 Å². The highest BCUT2D eigenvalue weighted by Crippen LogP contribution is 2.40. The Morgan fingerprint density at radius 1 is 1.35 bits per heavy atom. The Labute approximate surface area is 118 Å². The number of amides is 2. The number of carboxylic acids is 1. The van der Waals surface area contributed by atoms with Gasteiger partial charge in [0.2, 0.25) is 11.8 Å². The molecule has 0 aromatic heterocycles. The Hall–Kier alpha value is -2.02. The predicted octanol–water partition coefficient (Wildman–Crippen LogP) is 1.39. The molecule has 1 aliphatic heterocycles. The predicted molar refractivity (Wildman–Crippen MR) is 73.7 cm³/mol. The van der Waals surface area contributed by atoms with Crippen molar-refractivity contribution >= 4 is 40.9 Å². The molecule has 1 saturated carbocycles. The Morgan fingerprint density at radius 3 is 2.85 bits per heavy atom. The molecule has 2 amide bonds. The van der Waals surface area contributed by atoms with Gasteiger partial charge in [0.15, 0.2) is 0 Å². The summed E-state index contributed by atoms with van der Waals surface area (Å²) in [4.78, 5) is 34.8. The number of carbonyl (C=O) groups excluding carboxylic acids is 2. The van der Waals surface area contributed by atoms with Gasteiger partial charge in [0.25, 0.3) is 0 Å². The monoisotopic (exact) mass is 292 g/mol. The number of fused-ring (bicyclic) bond motifs is 1. The first kappa shape index (κ1) is 13.0. The van der Waals surface area contributed by atoms with Crippen LogP contribution < -0.4 is 10.6 Å². The van der Waals surface area contributed by atoms with Crippen molar-refractivity contribution in [3.05, 3.63) is 18.2 Å². The minimum Gasteiger partial charge on any atom is -0.481 e. The van der Waals surface area contributed by atoms with Crippen molar-refractivity contribution in [1.82, 2.24) is 0 Å². The third kappa shape index (κ3) is 2.49. The SMILES string of the molecule is O=C1CSc2ccc(NC(=O)C3CC3C(=O)O)cc2N1. The largest absolute Gasteiger partial charge is 0.481 e. The van der Waals surface area contributed by atoms with Crippen molar-refractivity contribution < 1.29 is 19.5 Å². The summed E-state index contributed by atoms with van der Waals surface area (Å²) in [5.41, 5.74) is 1.24. The Balaban J connectivity index is 1.69. The summed E-state index contributed by atoms with van der Waals surface area (Å²) in [5, 5.41) is 14.2. The highest BCUT2D eigenvalue weighted by molar-refractivity contribution is 8.00. The summed E-state index contributed by atoms with van der Waals surface area (Å²) in [5.74, 6) is -1.91. The van der Waals surface area contributed by atoms with Crippen LogP contribution in [0.5, 0.6) is 0 Å². The molecule has 1 fully saturated rings. The van der Waals surface area contributed by atoms with Crippen LogP contribution in [0.15, 0.2) is 23.1 Å². The van der Waals surface area contributed by atoms with E-state index in [1.165, 1.54) is 11.8 Å². The third-order valence-corrected chi connectivity index (χ3v) is 4.40. The van der Waals surface area contributed by atoms with Gasteiger partial charge in [-0.25, -0.2) is 0 Å². The van der Waals surface area contributed by atoms with Gasteiger partial charge in [0, 0.05) is 10.6 Å². The fraction of sp³-hybridized carbons (Fsp3) is 0.308. The van der Waals surface area contributed by atoms with E-state index < -0.39 is 17.8 Å². The highest BCUT2D eigenvalue weighted by Gasteiger charge is 2.48. The smallest absolute Gasteiger partial charge is 0.307 e. The summed E-state index contributed by atoms with van der Waals surface area (Å²) >= 11 is 1.44. The van der Waals surface area contributed by atoms with Gasteiger partial charge < -0.3 is 15.7 Å². The molecule has 2 unspecified atom stereocenters. The first-order valence-corrected chi connectivity index (χ1v) is 7.13. The van der Waals surface area contributed by atoms with Crippen LogP contribution in [-0.4, -0.2) is 28.6 Å². The van der Waals surface area contributed by atoms with E-state index in [2.05, 4.69) is 10.6 Å². The number of aliphatic carboxylic acids is 1. The molecule has 2 aliphatic rings. The summed E-state index contributed by atoms with van der Waals surface area (Å²) in [6.07, 6.45) is 0.388. The lowest BCUT2D eigenvalue weighted by molar-refractivity contribution is -0.139. The second-order valence-corrected chi connectivity index (χ2v) is 5.84. The number of thioether (sulfide) groups is 1. The Kier molecular flexibility index (Phi) is 3.13. The number of carbonyl (C=O) groups is 3. The molecule has 3 rings (SSSR count). The van der Waals surface area contributed by atoms with E-state index in [-0.39, 0.29) is 11.8 Å². The summed E-state index contributed by atoms with van der Waals surface area (Å²) in [7, 11) is 0. The van der Waals surface area contributed by atoms with Gasteiger partial charge in [-0.05, 0) is 24.6 Å². The molecule has 104 valence electrons. The Bertz CT molecular complexity index is 616. The maximum Gasteiger partial charge on any atom is 0.307 e. The van der Waals surface area contributed by atoms with Crippen molar-refractivity contribution in [3.8, 4) is 0 Å². The van der Waals surface area contributed by atoms with Crippen LogP contribution >= 0.6 is 11.8 Å². The number of rotatable bonds is 3. The van der Waals surface area contributed by atoms with Crippen LogP contribution in [0.1, 0.15) is 6.42 Å². The zero-order chi connectivity index (χ0) is 14.3. The molecule has 7 heteroatoms. The first-order valence-electron chi connectivity index (χ1n) is 6.15. The van der Waals surface area contributed by atoms with Crippen molar-refractivity contribution in [2.75, 3.05) is 16.4 Å². The molecule has 0 bridgehead atoms. The van der Waals surface area contributed by atoms with Gasteiger partial charge in [0.1, 0.15) is 0 Å². The van der Waals surface area contributed by atoms with E-state index in [0.29, 0.717) is 23.5 Å². The average molecular weight is 292 g/mol. The first-order chi connectivity index (χ1) is 9.54. The topological polar surface area (TPSA) is 95.5 Å². The van der Waals surface area contributed by atoms with Crippen LogP contribution in [0.25, 0.3) is 0 Å². The second-order valence-electron chi connectivity index (χ2n) is 4.82. The van der Waals surface area contributed by atoms with E-state index in [0.717, 1.165) is 4.90 Å². The lowest BCUT2D eigenvalue weighted by Gasteiger charge is -2.17. The van der Waals surface area contributed by atoms with E-state index >= 15 is 0 Å². The van der Waals surface area contributed by atoms with Crippen LogP contribution in [0.2, 0.25) is 0 Å². The van der Waals surface area contributed by atoms with E-state index in [9.17, 15) is 14.4 Å². The fourth-order valence-electron chi connectivity index (χ4n) is 2.15. The summed E-state index contributed by atoms with van der Waals surface area (Å²) < 4.78 is 0. The molecular weight excluding hydrogens is 280 g/mol. The van der Waals surface area contributed by atoms with Crippen molar-refractivity contribution in [1.29, 1.82) is 0 Å². The summed E-state index contributed by atoms with van der Waals surface area (Å²) in [6, 6.07) is 5.27. The minimum atomic E-state index is -0.931. The maximum atomic E-state index is 11.9. The quantitative estimate of drug-likeness (QED) is 0.782. The zero-order valence-electron chi connectivity index (χ0n) is 10.4. The van der Waals surface area contributed by atoms with Crippen molar-refractivity contribution in [3.63, 3.8) is 0 Å². The molecule has 2 atom stereocenters. The lowest BCUT2D eigenvalue weighted by atomic mass is 10.2. The van der Waals surface area contributed by atoms with Gasteiger partial charge in [0.05, 0.1) is 23.3 Å². The number of hydrogen-bond donors (Lipinski definition) is 3. The van der Waals surface area contributed by atoms with Gasteiger partial charge in [-0.2, -0.15) is 0 Å². The zero-order valence-corrected chi connectivity index (χ0v) is 11.2. The number of anilines is 2. The van der Waals surface area contributed by atoms with E-state index in [4.69, 9.17) is 5.11 Å². The molecule has 1 heterocycles. The third-order valence-electron chi connectivity index (χ3n) is 3.32. The minimum absolute atomic E-state index is 0.0703. The van der Waals surface area contributed by atoms with Gasteiger partial charge in [-0.15, -0.1) is 11.8 Å². The molecule has 1 aliphatic carbocycles. The van der Waals surface area contributed by atoms with Crippen molar-refractivity contribution in [2.24, 2.45) is 11.8 Å². The van der Waals surface area contributed by atoms with Gasteiger partial charge in [-0.3, -0.25) is 14.4 Å². The lowest BCUT2D eigenvalue weighted by Crippen LogP contribution is -2.20. The number of carboxylic acid groups (broad SMARTS) is 1. The van der Waals surface area contributed by atoms with E-state index in [1.807, 2.05) is 6.07 Å². The molecule has 1 aromatic carbocycles. The van der Waals surface area contributed by atoms with Crippen LogP contribution in [0, 0.1) is 11.8 Å². The highest BCUT2D eigenvalue weighted by atomic mass is 32.2. The normalized spacial score (nSPS) is 23.5. The average Bonchev–Trinajstić information content (AvgIpc) is 3.18. The molecule has 6 nitrogen and oxygen atoms in total. The fourth-order valence-corrected chi connectivity index (χ4v) is 2.94. The van der Waals surface area contributed by atoms with Crippen LogP contribution in [0.3, 0.4) is 0 Å². The molecule has 3 N–H and O–H groups in total. The van der Waals surface area contributed by atoms with Crippen molar-refractivity contribution in [2.45, 2.75) is 11.3 Å². The number of benzene rings is 1. The standard InChI is InChI=1S/C13H12N2O4S/c16-11-5-20-10-2-1-6(3-9(10)15-11)14-12(17)7-4-8(7)13(18)19/h1-3,7-8H,4-5H2,(H,14,17)(H,15,16)(H,18,19). The van der Waals surface area contributed by atoms with Crippen LogP contribution in [-0.2, 0) is 14.4 Å². The molecule has 20 heavy (non-hydrogen) atoms. The molecule has 0 radical (unpaired) electrons. The molecular formula is C13H12N2O4S. The summed E-state index contributed by atoms with van der Waals surface area (Å²) in [6.45, 7) is 0. The second kappa shape index (κ2) is 4.82. The van der Waals surface area contributed by atoms with E-state index in [1.54, 1.807) is 12.1 Å².